The van der Waals surface area contributed by atoms with Crippen molar-refractivity contribution in [2.45, 2.75) is 25.9 Å². The van der Waals surface area contributed by atoms with Crippen LogP contribution in [0.3, 0.4) is 0 Å². The van der Waals surface area contributed by atoms with E-state index in [1.807, 2.05) is 18.2 Å². The molecule has 4 heteroatoms. The summed E-state index contributed by atoms with van der Waals surface area (Å²) >= 11 is 0. The molecule has 0 saturated heterocycles. The van der Waals surface area contributed by atoms with Crippen molar-refractivity contribution in [3.05, 3.63) is 53.5 Å². The van der Waals surface area contributed by atoms with E-state index in [4.69, 9.17) is 4.74 Å². The molecule has 96 valence electrons. The molecule has 0 amide bonds. The minimum Gasteiger partial charge on any atom is -0.473 e. The Morgan fingerprint density at radius 3 is 3.00 bits per heavy atom. The van der Waals surface area contributed by atoms with Gasteiger partial charge in [0.15, 0.2) is 5.78 Å². The van der Waals surface area contributed by atoms with Gasteiger partial charge in [-0.25, -0.2) is 4.98 Å². The maximum Gasteiger partial charge on any atom is 0.213 e. The van der Waals surface area contributed by atoms with Crippen molar-refractivity contribution in [1.82, 2.24) is 9.97 Å². The van der Waals surface area contributed by atoms with Crippen LogP contribution in [0.1, 0.15) is 34.5 Å². The summed E-state index contributed by atoms with van der Waals surface area (Å²) in [6.07, 6.45) is 5.86. The minimum absolute atomic E-state index is 0.188. The Balaban J connectivity index is 1.74. The highest BCUT2D eigenvalue weighted by atomic mass is 16.5. The lowest BCUT2D eigenvalue weighted by Crippen LogP contribution is -2.13. The third-order valence-corrected chi connectivity index (χ3v) is 3.18. The van der Waals surface area contributed by atoms with E-state index >= 15 is 0 Å². The first kappa shape index (κ1) is 11.8. The molecule has 2 aromatic rings. The van der Waals surface area contributed by atoms with Gasteiger partial charge in [-0.05, 0) is 25.0 Å². The molecule has 1 aliphatic carbocycles. The van der Waals surface area contributed by atoms with Gasteiger partial charge in [-0.3, -0.25) is 9.78 Å². The van der Waals surface area contributed by atoms with E-state index in [1.54, 1.807) is 18.5 Å². The molecule has 0 bridgehead atoms. The SMILES string of the molecule is O=C1CCCc2nc(OCc3cccnc3)ccc21. The number of ether oxygens (including phenoxy) is 1. The van der Waals surface area contributed by atoms with Gasteiger partial charge in [-0.2, -0.15) is 0 Å². The molecular weight excluding hydrogens is 240 g/mol. The molecule has 19 heavy (non-hydrogen) atoms. The van der Waals surface area contributed by atoms with Crippen LogP contribution in [0.25, 0.3) is 0 Å². The third-order valence-electron chi connectivity index (χ3n) is 3.18. The summed E-state index contributed by atoms with van der Waals surface area (Å²) in [4.78, 5) is 20.1. The van der Waals surface area contributed by atoms with Crippen molar-refractivity contribution in [1.29, 1.82) is 0 Å². The van der Waals surface area contributed by atoms with E-state index in [0.29, 0.717) is 18.9 Å². The number of nitrogens with zero attached hydrogens (tertiary/aromatic N) is 2. The topological polar surface area (TPSA) is 52.1 Å². The lowest BCUT2D eigenvalue weighted by atomic mass is 9.95. The number of Topliss-reactive ketones (excluding diaryl/α,β-unsaturated/α-hetero) is 1. The molecular formula is C15H14N2O2. The average Bonchev–Trinajstić information content (AvgIpc) is 2.46. The Labute approximate surface area is 111 Å². The number of carbonyl (C=O) groups excluding carboxylic acids is 1. The van der Waals surface area contributed by atoms with Crippen LogP contribution in [-0.4, -0.2) is 15.8 Å². The fourth-order valence-corrected chi connectivity index (χ4v) is 2.20. The maximum absolute atomic E-state index is 11.7. The Morgan fingerprint density at radius 2 is 2.16 bits per heavy atom. The predicted octanol–water partition coefficient (Wildman–Crippen LogP) is 2.57. The number of hydrogen-bond acceptors (Lipinski definition) is 4. The summed E-state index contributed by atoms with van der Waals surface area (Å²) in [5, 5.41) is 0. The standard InChI is InChI=1S/C15H14N2O2/c18-14-5-1-4-13-12(14)6-7-15(17-13)19-10-11-3-2-8-16-9-11/h2-3,6-9H,1,4-5,10H2. The first-order valence-electron chi connectivity index (χ1n) is 6.38. The number of aromatic nitrogens is 2. The molecule has 0 atom stereocenters. The molecule has 3 rings (SSSR count). The summed E-state index contributed by atoms with van der Waals surface area (Å²) in [6, 6.07) is 7.41. The zero-order valence-corrected chi connectivity index (χ0v) is 10.5. The fraction of sp³-hybridized carbons (Fsp3) is 0.267. The van der Waals surface area contributed by atoms with Crippen molar-refractivity contribution in [3.63, 3.8) is 0 Å². The van der Waals surface area contributed by atoms with Gasteiger partial charge in [0, 0.05) is 36.0 Å². The highest BCUT2D eigenvalue weighted by Gasteiger charge is 2.18. The molecule has 0 radical (unpaired) electrons. The summed E-state index contributed by atoms with van der Waals surface area (Å²) in [5.41, 5.74) is 2.61. The number of rotatable bonds is 3. The lowest BCUT2D eigenvalue weighted by molar-refractivity contribution is 0.0971. The van der Waals surface area contributed by atoms with E-state index in [9.17, 15) is 4.79 Å². The molecule has 2 aromatic heterocycles. The number of carbonyl (C=O) groups is 1. The number of fused-ring (bicyclic) bond motifs is 1. The molecule has 0 spiro atoms. The van der Waals surface area contributed by atoms with Crippen molar-refractivity contribution in [2.24, 2.45) is 0 Å². The van der Waals surface area contributed by atoms with Crippen molar-refractivity contribution in [2.75, 3.05) is 0 Å². The second-order valence-electron chi connectivity index (χ2n) is 4.57. The van der Waals surface area contributed by atoms with Crippen LogP contribution in [0, 0.1) is 0 Å². The van der Waals surface area contributed by atoms with Gasteiger partial charge >= 0.3 is 0 Å². The predicted molar refractivity (Wildman–Crippen MR) is 70.1 cm³/mol. The average molecular weight is 254 g/mol. The highest BCUT2D eigenvalue weighted by molar-refractivity contribution is 5.98. The van der Waals surface area contributed by atoms with Gasteiger partial charge in [0.05, 0.1) is 5.69 Å². The van der Waals surface area contributed by atoms with Crippen molar-refractivity contribution in [3.8, 4) is 5.88 Å². The van der Waals surface area contributed by atoms with Gasteiger partial charge in [0.25, 0.3) is 0 Å². The molecule has 2 heterocycles. The summed E-state index contributed by atoms with van der Waals surface area (Å²) < 4.78 is 5.63. The second-order valence-corrected chi connectivity index (χ2v) is 4.57. The Hall–Kier alpha value is -2.23. The van der Waals surface area contributed by atoms with Gasteiger partial charge < -0.3 is 4.74 Å². The fourth-order valence-electron chi connectivity index (χ4n) is 2.20. The quantitative estimate of drug-likeness (QED) is 0.844. The molecule has 0 aliphatic heterocycles. The van der Waals surface area contributed by atoms with E-state index in [-0.39, 0.29) is 5.78 Å². The highest BCUT2D eigenvalue weighted by Crippen LogP contribution is 2.22. The second kappa shape index (κ2) is 5.18. The van der Waals surface area contributed by atoms with Crippen LogP contribution in [0.2, 0.25) is 0 Å². The number of hydrogen-bond donors (Lipinski definition) is 0. The molecule has 0 N–H and O–H groups in total. The minimum atomic E-state index is 0.188. The Bertz CT molecular complexity index is 596. The monoisotopic (exact) mass is 254 g/mol. The number of pyridine rings is 2. The maximum atomic E-state index is 11.7. The van der Waals surface area contributed by atoms with Crippen molar-refractivity contribution < 1.29 is 9.53 Å². The molecule has 0 aromatic carbocycles. The van der Waals surface area contributed by atoms with Crippen molar-refractivity contribution >= 4 is 5.78 Å². The summed E-state index contributed by atoms with van der Waals surface area (Å²) in [6.45, 7) is 0.438. The van der Waals surface area contributed by atoms with E-state index in [2.05, 4.69) is 9.97 Å². The number of aryl methyl sites for hydroxylation is 1. The van der Waals surface area contributed by atoms with Gasteiger partial charge in [-0.1, -0.05) is 6.07 Å². The van der Waals surface area contributed by atoms with Crippen LogP contribution in [0.15, 0.2) is 36.7 Å². The molecule has 0 unspecified atom stereocenters. The van der Waals surface area contributed by atoms with Gasteiger partial charge in [0.1, 0.15) is 6.61 Å². The molecule has 0 fully saturated rings. The van der Waals surface area contributed by atoms with Crippen LogP contribution >= 0.6 is 0 Å². The van der Waals surface area contributed by atoms with E-state index in [0.717, 1.165) is 29.7 Å². The van der Waals surface area contributed by atoms with Crippen LogP contribution < -0.4 is 4.74 Å². The Kier molecular flexibility index (Phi) is 3.23. The summed E-state index contributed by atoms with van der Waals surface area (Å²) in [5.74, 6) is 0.755. The van der Waals surface area contributed by atoms with Gasteiger partial charge in [0.2, 0.25) is 5.88 Å². The largest absolute Gasteiger partial charge is 0.473 e. The zero-order chi connectivity index (χ0) is 13.1. The summed E-state index contributed by atoms with van der Waals surface area (Å²) in [7, 11) is 0. The smallest absolute Gasteiger partial charge is 0.213 e. The Morgan fingerprint density at radius 1 is 1.21 bits per heavy atom. The van der Waals surface area contributed by atoms with Crippen LogP contribution in [0.4, 0.5) is 0 Å². The molecule has 0 saturated carbocycles. The van der Waals surface area contributed by atoms with Crippen LogP contribution in [-0.2, 0) is 13.0 Å². The zero-order valence-electron chi connectivity index (χ0n) is 10.5. The van der Waals surface area contributed by atoms with Crippen LogP contribution in [0.5, 0.6) is 5.88 Å². The molecule has 1 aliphatic rings. The lowest BCUT2D eigenvalue weighted by Gasteiger charge is -2.14. The van der Waals surface area contributed by atoms with Gasteiger partial charge in [-0.15, -0.1) is 0 Å². The van der Waals surface area contributed by atoms with E-state index < -0.39 is 0 Å². The molecule has 4 nitrogen and oxygen atoms in total. The number of ketones is 1. The third kappa shape index (κ3) is 2.62. The van der Waals surface area contributed by atoms with E-state index in [1.165, 1.54) is 0 Å². The normalized spacial score (nSPS) is 14.0. The first-order valence-corrected chi connectivity index (χ1v) is 6.38. The first-order chi connectivity index (χ1) is 9.33.